The zero-order valence-electron chi connectivity index (χ0n) is 16.2. The number of carbonyl (C=O) groups excluding carboxylic acids is 1. The zero-order chi connectivity index (χ0) is 20.3. The van der Waals surface area contributed by atoms with Crippen LogP contribution in [0.1, 0.15) is 33.4 Å². The van der Waals surface area contributed by atoms with Crippen molar-refractivity contribution in [3.8, 4) is 11.4 Å². The Kier molecular flexibility index (Phi) is 6.10. The van der Waals surface area contributed by atoms with Gasteiger partial charge in [-0.1, -0.05) is 49.3 Å². The van der Waals surface area contributed by atoms with Gasteiger partial charge in [-0.3, -0.25) is 10.1 Å². The predicted molar refractivity (Wildman–Crippen MR) is 111 cm³/mol. The first-order valence-electron chi connectivity index (χ1n) is 8.87. The van der Waals surface area contributed by atoms with Crippen LogP contribution in [-0.2, 0) is 16.8 Å². The third kappa shape index (κ3) is 4.74. The van der Waals surface area contributed by atoms with E-state index in [1.807, 2.05) is 56.5 Å². The summed E-state index contributed by atoms with van der Waals surface area (Å²) in [6, 6.07) is 9.17. The van der Waals surface area contributed by atoms with Crippen LogP contribution in [0.25, 0.3) is 11.4 Å². The van der Waals surface area contributed by atoms with E-state index in [0.29, 0.717) is 22.6 Å². The Bertz CT molecular complexity index is 960. The highest BCUT2D eigenvalue weighted by atomic mass is 35.5. The SMILES string of the molecule is CCn1c(SCC(=O)Nc2cc(C(C)(C)C)no2)nnc1-c1ccc(Cl)cc1. The van der Waals surface area contributed by atoms with Gasteiger partial charge in [0, 0.05) is 28.6 Å². The normalized spacial score (nSPS) is 11.6. The molecule has 1 N–H and O–H groups in total. The van der Waals surface area contributed by atoms with Crippen LogP contribution >= 0.6 is 23.4 Å². The van der Waals surface area contributed by atoms with Crippen LogP contribution in [-0.4, -0.2) is 31.6 Å². The van der Waals surface area contributed by atoms with E-state index in [9.17, 15) is 4.79 Å². The molecule has 7 nitrogen and oxygen atoms in total. The highest BCUT2D eigenvalue weighted by Crippen LogP contribution is 2.26. The highest BCUT2D eigenvalue weighted by Gasteiger charge is 2.20. The number of halogens is 1. The molecule has 3 aromatic rings. The van der Waals surface area contributed by atoms with E-state index in [0.717, 1.165) is 17.1 Å². The number of hydrogen-bond acceptors (Lipinski definition) is 6. The first kappa shape index (κ1) is 20.4. The number of benzene rings is 1. The summed E-state index contributed by atoms with van der Waals surface area (Å²) in [6.07, 6.45) is 0. The molecule has 0 fully saturated rings. The lowest BCUT2D eigenvalue weighted by molar-refractivity contribution is -0.113. The summed E-state index contributed by atoms with van der Waals surface area (Å²) in [5.41, 5.74) is 1.57. The van der Waals surface area contributed by atoms with Crippen molar-refractivity contribution >= 4 is 35.2 Å². The molecule has 0 bridgehead atoms. The molecule has 1 aromatic carbocycles. The van der Waals surface area contributed by atoms with E-state index >= 15 is 0 Å². The molecule has 0 saturated heterocycles. The second-order valence-corrected chi connectivity index (χ2v) is 8.60. The monoisotopic (exact) mass is 419 g/mol. The van der Waals surface area contributed by atoms with Crippen LogP contribution < -0.4 is 5.32 Å². The van der Waals surface area contributed by atoms with Crippen molar-refractivity contribution in [3.05, 3.63) is 41.0 Å². The maximum absolute atomic E-state index is 12.3. The van der Waals surface area contributed by atoms with Crippen LogP contribution in [0.5, 0.6) is 0 Å². The third-order valence-electron chi connectivity index (χ3n) is 4.01. The van der Waals surface area contributed by atoms with Gasteiger partial charge in [-0.25, -0.2) is 0 Å². The summed E-state index contributed by atoms with van der Waals surface area (Å²) >= 11 is 7.27. The van der Waals surface area contributed by atoms with Gasteiger partial charge in [0.1, 0.15) is 0 Å². The minimum Gasteiger partial charge on any atom is -0.338 e. The van der Waals surface area contributed by atoms with Gasteiger partial charge in [0.25, 0.3) is 0 Å². The molecule has 3 rings (SSSR count). The Labute approximate surface area is 172 Å². The van der Waals surface area contributed by atoms with Crippen molar-refractivity contribution in [3.63, 3.8) is 0 Å². The van der Waals surface area contributed by atoms with Crippen LogP contribution in [0.15, 0.2) is 40.0 Å². The molecule has 0 spiro atoms. The molecule has 0 saturated carbocycles. The first-order chi connectivity index (χ1) is 13.3. The number of aromatic nitrogens is 4. The van der Waals surface area contributed by atoms with Crippen molar-refractivity contribution in [2.24, 2.45) is 0 Å². The van der Waals surface area contributed by atoms with Crippen LogP contribution in [0.3, 0.4) is 0 Å². The Balaban J connectivity index is 1.65. The minimum absolute atomic E-state index is 0.142. The smallest absolute Gasteiger partial charge is 0.237 e. The Morgan fingerprint density at radius 1 is 1.25 bits per heavy atom. The average Bonchev–Trinajstić information content (AvgIpc) is 3.27. The lowest BCUT2D eigenvalue weighted by Gasteiger charge is -2.12. The zero-order valence-corrected chi connectivity index (χ0v) is 17.8. The largest absolute Gasteiger partial charge is 0.338 e. The van der Waals surface area contributed by atoms with Crippen LogP contribution in [0, 0.1) is 0 Å². The minimum atomic E-state index is -0.194. The maximum Gasteiger partial charge on any atom is 0.237 e. The van der Waals surface area contributed by atoms with Gasteiger partial charge in [0.2, 0.25) is 11.8 Å². The highest BCUT2D eigenvalue weighted by molar-refractivity contribution is 7.99. The molecule has 0 unspecified atom stereocenters. The summed E-state index contributed by atoms with van der Waals surface area (Å²) in [5, 5.41) is 16.6. The van der Waals surface area contributed by atoms with E-state index in [4.69, 9.17) is 16.1 Å². The van der Waals surface area contributed by atoms with Crippen molar-refractivity contribution in [2.75, 3.05) is 11.1 Å². The van der Waals surface area contributed by atoms with E-state index in [2.05, 4.69) is 20.7 Å². The second-order valence-electron chi connectivity index (χ2n) is 7.22. The summed E-state index contributed by atoms with van der Waals surface area (Å²) in [6.45, 7) is 8.79. The first-order valence-corrected chi connectivity index (χ1v) is 10.2. The number of anilines is 1. The Morgan fingerprint density at radius 2 is 1.96 bits per heavy atom. The average molecular weight is 420 g/mol. The van der Waals surface area contributed by atoms with Gasteiger partial charge in [-0.15, -0.1) is 10.2 Å². The topological polar surface area (TPSA) is 85.8 Å². The predicted octanol–water partition coefficient (Wildman–Crippen LogP) is 4.63. The number of thioether (sulfide) groups is 1. The fourth-order valence-electron chi connectivity index (χ4n) is 2.48. The maximum atomic E-state index is 12.3. The van der Waals surface area contributed by atoms with Crippen LogP contribution in [0.2, 0.25) is 5.02 Å². The summed E-state index contributed by atoms with van der Waals surface area (Å²) in [7, 11) is 0. The van der Waals surface area contributed by atoms with Gasteiger partial charge >= 0.3 is 0 Å². The number of hydrogen-bond donors (Lipinski definition) is 1. The molecule has 0 aliphatic carbocycles. The van der Waals surface area contributed by atoms with E-state index in [1.54, 1.807) is 6.07 Å². The Morgan fingerprint density at radius 3 is 2.57 bits per heavy atom. The molecule has 28 heavy (non-hydrogen) atoms. The number of carbonyl (C=O) groups is 1. The molecule has 2 heterocycles. The lowest BCUT2D eigenvalue weighted by Crippen LogP contribution is -2.14. The number of rotatable bonds is 6. The van der Waals surface area contributed by atoms with Gasteiger partial charge in [0.15, 0.2) is 11.0 Å². The van der Waals surface area contributed by atoms with E-state index in [-0.39, 0.29) is 17.1 Å². The third-order valence-corrected chi connectivity index (χ3v) is 5.23. The fourth-order valence-corrected chi connectivity index (χ4v) is 3.41. The van der Waals surface area contributed by atoms with Crippen molar-refractivity contribution in [1.29, 1.82) is 0 Å². The summed E-state index contributed by atoms with van der Waals surface area (Å²) in [4.78, 5) is 12.3. The molecule has 0 aliphatic rings. The van der Waals surface area contributed by atoms with Gasteiger partial charge < -0.3 is 9.09 Å². The summed E-state index contributed by atoms with van der Waals surface area (Å²) in [5.74, 6) is 1.08. The molecule has 0 radical (unpaired) electrons. The van der Waals surface area contributed by atoms with Crippen molar-refractivity contribution in [1.82, 2.24) is 19.9 Å². The molecule has 1 amide bonds. The van der Waals surface area contributed by atoms with E-state index in [1.165, 1.54) is 11.8 Å². The molecule has 148 valence electrons. The molecule has 0 aliphatic heterocycles. The van der Waals surface area contributed by atoms with E-state index < -0.39 is 0 Å². The molecular formula is C19H22ClN5O2S. The quantitative estimate of drug-likeness (QED) is 0.586. The number of nitrogens with one attached hydrogen (secondary N) is 1. The lowest BCUT2D eigenvalue weighted by atomic mass is 9.92. The fraction of sp³-hybridized carbons (Fsp3) is 0.368. The number of amides is 1. The van der Waals surface area contributed by atoms with Gasteiger partial charge in [0.05, 0.1) is 11.4 Å². The number of nitrogens with zero attached hydrogens (tertiary/aromatic N) is 4. The Hall–Kier alpha value is -2.32. The standard InChI is InChI=1S/C19H22ClN5O2S/c1-5-25-17(12-6-8-13(20)9-7-12)22-23-18(25)28-11-15(26)21-16-10-14(24-27-16)19(2,3)4/h6-10H,5,11H2,1-4H3,(H,21,26). The van der Waals surface area contributed by atoms with Crippen LogP contribution in [0.4, 0.5) is 5.88 Å². The molecule has 9 heteroatoms. The van der Waals surface area contributed by atoms with Crippen molar-refractivity contribution < 1.29 is 9.32 Å². The van der Waals surface area contributed by atoms with Gasteiger partial charge in [-0.2, -0.15) is 0 Å². The molecule has 2 aromatic heterocycles. The second kappa shape index (κ2) is 8.36. The summed E-state index contributed by atoms with van der Waals surface area (Å²) < 4.78 is 7.16. The molecule has 0 atom stereocenters. The molecular weight excluding hydrogens is 398 g/mol. The van der Waals surface area contributed by atoms with Gasteiger partial charge in [-0.05, 0) is 31.2 Å². The van der Waals surface area contributed by atoms with Crippen molar-refractivity contribution in [2.45, 2.75) is 44.8 Å².